The van der Waals surface area contributed by atoms with Gasteiger partial charge in [0, 0.05) is 24.9 Å². The molecular weight excluding hydrogens is 388 g/mol. The molecule has 1 fully saturated rings. The van der Waals surface area contributed by atoms with Crippen LogP contribution in [0.15, 0.2) is 71.1 Å². The highest BCUT2D eigenvalue weighted by atomic mass is 16.5. The van der Waals surface area contributed by atoms with E-state index in [1.807, 2.05) is 54.6 Å². The van der Waals surface area contributed by atoms with Crippen LogP contribution in [0, 0.1) is 0 Å². The normalized spacial score (nSPS) is 15.0. The number of likely N-dealkylation sites (tertiary alicyclic amines) is 1. The summed E-state index contributed by atoms with van der Waals surface area (Å²) in [4.78, 5) is 15.0. The maximum absolute atomic E-state index is 12.6. The van der Waals surface area contributed by atoms with E-state index in [2.05, 4.69) is 22.3 Å². The zero-order valence-corrected chi connectivity index (χ0v) is 18.0. The van der Waals surface area contributed by atoms with Crippen molar-refractivity contribution in [2.45, 2.75) is 31.7 Å². The van der Waals surface area contributed by atoms with Gasteiger partial charge in [-0.05, 0) is 55.8 Å². The lowest BCUT2D eigenvalue weighted by Gasteiger charge is -2.28. The lowest BCUT2D eigenvalue weighted by atomic mass is 10.0. The van der Waals surface area contributed by atoms with E-state index < -0.39 is 0 Å². The van der Waals surface area contributed by atoms with Crippen LogP contribution >= 0.6 is 0 Å². The van der Waals surface area contributed by atoms with Gasteiger partial charge in [-0.15, -0.1) is 0 Å². The van der Waals surface area contributed by atoms with Gasteiger partial charge in [-0.2, -0.15) is 0 Å². The molecule has 31 heavy (non-hydrogen) atoms. The predicted molar refractivity (Wildman–Crippen MR) is 122 cm³/mol. The summed E-state index contributed by atoms with van der Waals surface area (Å²) in [5, 5.41) is 3.14. The first-order valence-corrected chi connectivity index (χ1v) is 11.0. The molecular formula is C26H30N2O3. The topological polar surface area (TPSA) is 54.7 Å². The number of carbonyl (C=O) groups excluding carboxylic acids is 1. The van der Waals surface area contributed by atoms with Crippen LogP contribution in [0.3, 0.4) is 0 Å². The molecule has 1 atom stereocenters. The van der Waals surface area contributed by atoms with Crippen LogP contribution in [0.25, 0.3) is 11.3 Å². The third-order valence-corrected chi connectivity index (χ3v) is 5.89. The molecule has 5 heteroatoms. The minimum Gasteiger partial charge on any atom is -0.497 e. The first-order chi connectivity index (χ1) is 15.2. The van der Waals surface area contributed by atoms with Crippen LogP contribution in [0.5, 0.6) is 5.75 Å². The second-order valence-electron chi connectivity index (χ2n) is 7.97. The average molecular weight is 419 g/mol. The molecule has 1 saturated heterocycles. The summed E-state index contributed by atoms with van der Waals surface area (Å²) in [6.45, 7) is 2.75. The number of carbonyl (C=O) groups is 1. The van der Waals surface area contributed by atoms with Gasteiger partial charge >= 0.3 is 0 Å². The van der Waals surface area contributed by atoms with Crippen molar-refractivity contribution >= 4 is 5.91 Å². The summed E-state index contributed by atoms with van der Waals surface area (Å²) < 4.78 is 11.2. The van der Waals surface area contributed by atoms with Crippen molar-refractivity contribution in [3.8, 4) is 17.1 Å². The molecule has 0 bridgehead atoms. The molecule has 0 saturated carbocycles. The number of hydrogen-bond donors (Lipinski definition) is 1. The fraction of sp³-hybridized carbons (Fsp3) is 0.346. The van der Waals surface area contributed by atoms with Crippen LogP contribution in [0.4, 0.5) is 0 Å². The maximum atomic E-state index is 12.6. The molecule has 0 spiro atoms. The summed E-state index contributed by atoms with van der Waals surface area (Å²) in [5.74, 6) is 2.57. The van der Waals surface area contributed by atoms with Crippen molar-refractivity contribution in [3.05, 3.63) is 78.1 Å². The van der Waals surface area contributed by atoms with Crippen molar-refractivity contribution < 1.29 is 13.9 Å². The highest BCUT2D eigenvalue weighted by Crippen LogP contribution is 2.26. The lowest BCUT2D eigenvalue weighted by molar-refractivity contribution is -0.121. The highest BCUT2D eigenvalue weighted by Gasteiger charge is 2.24. The Morgan fingerprint density at radius 2 is 1.77 bits per heavy atom. The number of methoxy groups -OCH3 is 1. The van der Waals surface area contributed by atoms with Gasteiger partial charge in [0.05, 0.1) is 13.2 Å². The second-order valence-corrected chi connectivity index (χ2v) is 7.97. The van der Waals surface area contributed by atoms with E-state index in [-0.39, 0.29) is 11.9 Å². The lowest BCUT2D eigenvalue weighted by Crippen LogP contribution is -2.36. The molecule has 1 aliphatic rings. The van der Waals surface area contributed by atoms with Gasteiger partial charge in [0.1, 0.15) is 17.3 Å². The Hall–Kier alpha value is -3.05. The molecule has 1 amide bonds. The van der Waals surface area contributed by atoms with E-state index in [1.165, 1.54) is 18.4 Å². The minimum absolute atomic E-state index is 0.0513. The van der Waals surface area contributed by atoms with Gasteiger partial charge in [0.25, 0.3) is 0 Å². The van der Waals surface area contributed by atoms with E-state index in [0.29, 0.717) is 19.4 Å². The highest BCUT2D eigenvalue weighted by molar-refractivity contribution is 5.76. The monoisotopic (exact) mass is 418 g/mol. The number of ether oxygens (including phenoxy) is 1. The van der Waals surface area contributed by atoms with Crippen LogP contribution in [0.2, 0.25) is 0 Å². The van der Waals surface area contributed by atoms with Crippen LogP contribution in [-0.2, 0) is 11.2 Å². The van der Waals surface area contributed by atoms with Gasteiger partial charge in [-0.25, -0.2) is 0 Å². The number of furan rings is 1. The Morgan fingerprint density at radius 1 is 1.03 bits per heavy atom. The molecule has 1 aliphatic heterocycles. The Balaban J connectivity index is 1.32. The maximum Gasteiger partial charge on any atom is 0.220 e. The van der Waals surface area contributed by atoms with Gasteiger partial charge in [0.15, 0.2) is 0 Å². The summed E-state index contributed by atoms with van der Waals surface area (Å²) >= 11 is 0. The van der Waals surface area contributed by atoms with Crippen LogP contribution in [0.1, 0.15) is 36.6 Å². The van der Waals surface area contributed by atoms with E-state index >= 15 is 0 Å². The molecule has 5 nitrogen and oxygen atoms in total. The SMILES string of the molecule is COc1ccc([C@H](CNC(=O)CCc2ccc(-c3ccccc3)o2)N2CCCC2)cc1. The molecule has 3 aromatic rings. The number of amides is 1. The van der Waals surface area contributed by atoms with Crippen LogP contribution in [-0.4, -0.2) is 37.6 Å². The molecule has 0 unspecified atom stereocenters. The van der Waals surface area contributed by atoms with Gasteiger partial charge in [0.2, 0.25) is 5.91 Å². The number of hydrogen-bond acceptors (Lipinski definition) is 4. The van der Waals surface area contributed by atoms with Crippen molar-refractivity contribution in [2.75, 3.05) is 26.7 Å². The number of benzene rings is 2. The Labute approximate surface area is 184 Å². The number of rotatable bonds is 9. The first-order valence-electron chi connectivity index (χ1n) is 11.0. The summed E-state index contributed by atoms with van der Waals surface area (Å²) in [5.41, 5.74) is 2.26. The molecule has 4 rings (SSSR count). The fourth-order valence-electron chi connectivity index (χ4n) is 4.14. The number of aryl methyl sites for hydroxylation is 1. The van der Waals surface area contributed by atoms with Gasteiger partial charge in [-0.3, -0.25) is 9.69 Å². The predicted octanol–water partition coefficient (Wildman–Crippen LogP) is 4.84. The Kier molecular flexibility index (Phi) is 7.05. The Morgan fingerprint density at radius 3 is 2.48 bits per heavy atom. The van der Waals surface area contributed by atoms with Gasteiger partial charge in [-0.1, -0.05) is 42.5 Å². The van der Waals surface area contributed by atoms with Gasteiger partial charge < -0.3 is 14.5 Å². The standard InChI is InChI=1S/C26H30N2O3/c1-30-22-11-9-20(10-12-22)24(28-17-5-6-18-28)19-27-26(29)16-14-23-13-15-25(31-23)21-7-3-2-4-8-21/h2-4,7-13,15,24H,5-6,14,16-19H2,1H3,(H,27,29)/t24-/m0/s1. The van der Waals surface area contributed by atoms with Crippen molar-refractivity contribution in [1.29, 1.82) is 0 Å². The first kappa shape index (κ1) is 21.2. The van der Waals surface area contributed by atoms with Crippen molar-refractivity contribution in [2.24, 2.45) is 0 Å². The summed E-state index contributed by atoms with van der Waals surface area (Å²) in [6.07, 6.45) is 3.43. The summed E-state index contributed by atoms with van der Waals surface area (Å²) in [7, 11) is 1.68. The largest absolute Gasteiger partial charge is 0.497 e. The van der Waals surface area contributed by atoms with E-state index in [1.54, 1.807) is 7.11 Å². The molecule has 0 aliphatic carbocycles. The molecule has 2 aromatic carbocycles. The van der Waals surface area contributed by atoms with Crippen LogP contribution < -0.4 is 10.1 Å². The molecule has 162 valence electrons. The van der Waals surface area contributed by atoms with Crippen molar-refractivity contribution in [3.63, 3.8) is 0 Å². The molecule has 1 aromatic heterocycles. The van der Waals surface area contributed by atoms with Crippen molar-refractivity contribution in [1.82, 2.24) is 10.2 Å². The zero-order valence-electron chi connectivity index (χ0n) is 18.0. The molecule has 1 N–H and O–H groups in total. The Bertz CT molecular complexity index is 960. The second kappa shape index (κ2) is 10.3. The molecule has 0 radical (unpaired) electrons. The number of nitrogens with one attached hydrogen (secondary N) is 1. The minimum atomic E-state index is 0.0513. The van der Waals surface area contributed by atoms with E-state index in [4.69, 9.17) is 9.15 Å². The van der Waals surface area contributed by atoms with E-state index in [0.717, 1.165) is 35.9 Å². The average Bonchev–Trinajstić information content (AvgIpc) is 3.51. The molecule has 2 heterocycles. The third kappa shape index (κ3) is 5.56. The third-order valence-electron chi connectivity index (χ3n) is 5.89. The summed E-state index contributed by atoms with van der Waals surface area (Å²) in [6, 6.07) is 22.3. The zero-order chi connectivity index (χ0) is 21.5. The number of nitrogens with zero attached hydrogens (tertiary/aromatic N) is 1. The fourth-order valence-corrected chi connectivity index (χ4v) is 4.14. The quantitative estimate of drug-likeness (QED) is 0.540. The van der Waals surface area contributed by atoms with E-state index in [9.17, 15) is 4.79 Å². The smallest absolute Gasteiger partial charge is 0.220 e.